The van der Waals surface area contributed by atoms with E-state index in [-0.39, 0.29) is 12.6 Å². The summed E-state index contributed by atoms with van der Waals surface area (Å²) >= 11 is 0. The Balaban J connectivity index is 1.85. The Hall–Kier alpha value is -1.58. The standard InChI is InChI=1S/C16H22N2O/c1-2-18-9-8-15(12-18)11-17-16(13-19)10-14-6-4-3-5-7-14/h3-9,12,16-17,19H,2,10-11,13H2,1H3/t16-/m0/s1. The molecule has 0 fully saturated rings. The molecule has 3 heteroatoms. The van der Waals surface area contributed by atoms with Crippen LogP contribution in [0.2, 0.25) is 0 Å². The smallest absolute Gasteiger partial charge is 0.0587 e. The Morgan fingerprint density at radius 1 is 1.16 bits per heavy atom. The molecule has 2 N–H and O–H groups in total. The van der Waals surface area contributed by atoms with Crippen LogP contribution in [0.4, 0.5) is 0 Å². The Morgan fingerprint density at radius 3 is 2.58 bits per heavy atom. The lowest BCUT2D eigenvalue weighted by Gasteiger charge is -2.15. The van der Waals surface area contributed by atoms with Gasteiger partial charge in [0.1, 0.15) is 0 Å². The molecule has 0 bridgehead atoms. The first-order valence-electron chi connectivity index (χ1n) is 6.84. The SMILES string of the molecule is CCn1ccc(CN[C@H](CO)Cc2ccccc2)c1. The summed E-state index contributed by atoms with van der Waals surface area (Å²) in [4.78, 5) is 0. The predicted octanol–water partition coefficient (Wildman–Crippen LogP) is 2.20. The summed E-state index contributed by atoms with van der Waals surface area (Å²) in [6, 6.07) is 12.5. The van der Waals surface area contributed by atoms with Gasteiger partial charge in [-0.1, -0.05) is 30.3 Å². The molecule has 2 rings (SSSR count). The molecule has 102 valence electrons. The van der Waals surface area contributed by atoms with Gasteiger partial charge >= 0.3 is 0 Å². The van der Waals surface area contributed by atoms with E-state index in [0.29, 0.717) is 0 Å². The number of nitrogens with one attached hydrogen (secondary N) is 1. The second kappa shape index (κ2) is 7.12. The summed E-state index contributed by atoms with van der Waals surface area (Å²) in [6.45, 7) is 4.07. The van der Waals surface area contributed by atoms with Gasteiger partial charge < -0.3 is 15.0 Å². The van der Waals surface area contributed by atoms with Crippen LogP contribution >= 0.6 is 0 Å². The van der Waals surface area contributed by atoms with Crippen LogP contribution in [0.3, 0.4) is 0 Å². The van der Waals surface area contributed by atoms with Crippen molar-refractivity contribution in [2.24, 2.45) is 0 Å². The number of hydrogen-bond acceptors (Lipinski definition) is 2. The monoisotopic (exact) mass is 258 g/mol. The van der Waals surface area contributed by atoms with Gasteiger partial charge in [-0.15, -0.1) is 0 Å². The van der Waals surface area contributed by atoms with Crippen molar-refractivity contribution in [3.63, 3.8) is 0 Å². The lowest BCUT2D eigenvalue weighted by molar-refractivity contribution is 0.241. The maximum Gasteiger partial charge on any atom is 0.0587 e. The third-order valence-electron chi connectivity index (χ3n) is 3.32. The molecule has 0 spiro atoms. The fourth-order valence-electron chi connectivity index (χ4n) is 2.15. The van der Waals surface area contributed by atoms with Gasteiger partial charge in [0.25, 0.3) is 0 Å². The van der Waals surface area contributed by atoms with Gasteiger partial charge in [-0.25, -0.2) is 0 Å². The molecule has 2 aromatic rings. The number of aliphatic hydroxyl groups is 1. The topological polar surface area (TPSA) is 37.2 Å². The number of aliphatic hydroxyl groups excluding tert-OH is 1. The molecule has 0 saturated carbocycles. The van der Waals surface area contributed by atoms with Crippen molar-refractivity contribution in [1.82, 2.24) is 9.88 Å². The van der Waals surface area contributed by atoms with Gasteiger partial charge in [0, 0.05) is 31.5 Å². The van der Waals surface area contributed by atoms with Crippen LogP contribution in [0.15, 0.2) is 48.8 Å². The Bertz CT molecular complexity index is 479. The summed E-state index contributed by atoms with van der Waals surface area (Å²) in [7, 11) is 0. The molecular formula is C16H22N2O. The molecule has 1 aromatic heterocycles. The van der Waals surface area contributed by atoms with Crippen LogP contribution in [0, 0.1) is 0 Å². The van der Waals surface area contributed by atoms with Crippen molar-refractivity contribution in [2.45, 2.75) is 32.5 Å². The first-order chi connectivity index (χ1) is 9.31. The molecule has 0 saturated heterocycles. The minimum Gasteiger partial charge on any atom is -0.395 e. The van der Waals surface area contributed by atoms with E-state index in [9.17, 15) is 5.11 Å². The lowest BCUT2D eigenvalue weighted by Crippen LogP contribution is -2.33. The van der Waals surface area contributed by atoms with E-state index in [0.717, 1.165) is 19.5 Å². The minimum atomic E-state index is 0.104. The van der Waals surface area contributed by atoms with Crippen molar-refractivity contribution >= 4 is 0 Å². The molecule has 0 aliphatic carbocycles. The molecule has 1 atom stereocenters. The molecule has 0 aliphatic heterocycles. The van der Waals surface area contributed by atoms with Gasteiger partial charge in [0.05, 0.1) is 6.61 Å². The van der Waals surface area contributed by atoms with Gasteiger partial charge in [-0.3, -0.25) is 0 Å². The summed E-state index contributed by atoms with van der Waals surface area (Å²) in [6.07, 6.45) is 5.08. The van der Waals surface area contributed by atoms with Gasteiger partial charge in [0.2, 0.25) is 0 Å². The quantitative estimate of drug-likeness (QED) is 0.799. The Labute approximate surface area is 114 Å². The number of rotatable bonds is 7. The number of nitrogens with zero attached hydrogens (tertiary/aromatic N) is 1. The first-order valence-corrected chi connectivity index (χ1v) is 6.84. The summed E-state index contributed by atoms with van der Waals surface area (Å²) < 4.78 is 2.15. The van der Waals surface area contributed by atoms with Crippen LogP contribution in [0.25, 0.3) is 0 Å². The normalized spacial score (nSPS) is 12.5. The van der Waals surface area contributed by atoms with E-state index in [1.165, 1.54) is 11.1 Å². The van der Waals surface area contributed by atoms with E-state index >= 15 is 0 Å². The number of benzene rings is 1. The van der Waals surface area contributed by atoms with E-state index in [1.807, 2.05) is 18.2 Å². The minimum absolute atomic E-state index is 0.104. The van der Waals surface area contributed by atoms with Crippen LogP contribution < -0.4 is 5.32 Å². The third-order valence-corrected chi connectivity index (χ3v) is 3.32. The zero-order valence-electron chi connectivity index (χ0n) is 11.4. The Morgan fingerprint density at radius 2 is 1.95 bits per heavy atom. The maximum atomic E-state index is 9.45. The second-order valence-electron chi connectivity index (χ2n) is 4.80. The third kappa shape index (κ3) is 4.23. The van der Waals surface area contributed by atoms with Crippen LogP contribution in [0.5, 0.6) is 0 Å². The highest BCUT2D eigenvalue weighted by molar-refractivity contribution is 5.16. The number of aryl methyl sites for hydroxylation is 1. The van der Waals surface area contributed by atoms with Gasteiger partial charge in [-0.05, 0) is 30.5 Å². The largest absolute Gasteiger partial charge is 0.395 e. The summed E-state index contributed by atoms with van der Waals surface area (Å²) in [5.41, 5.74) is 2.51. The highest BCUT2D eigenvalue weighted by Crippen LogP contribution is 2.05. The number of aromatic nitrogens is 1. The molecule has 0 amide bonds. The lowest BCUT2D eigenvalue weighted by atomic mass is 10.1. The average molecular weight is 258 g/mol. The first kappa shape index (κ1) is 13.8. The molecule has 19 heavy (non-hydrogen) atoms. The molecule has 3 nitrogen and oxygen atoms in total. The van der Waals surface area contributed by atoms with Crippen LogP contribution in [0.1, 0.15) is 18.1 Å². The molecule has 1 heterocycles. The van der Waals surface area contributed by atoms with Crippen molar-refractivity contribution in [3.05, 3.63) is 59.9 Å². The maximum absolute atomic E-state index is 9.45. The van der Waals surface area contributed by atoms with Crippen molar-refractivity contribution in [2.75, 3.05) is 6.61 Å². The second-order valence-corrected chi connectivity index (χ2v) is 4.80. The van der Waals surface area contributed by atoms with E-state index in [4.69, 9.17) is 0 Å². The molecular weight excluding hydrogens is 236 g/mol. The van der Waals surface area contributed by atoms with E-state index < -0.39 is 0 Å². The zero-order chi connectivity index (χ0) is 13.5. The Kier molecular flexibility index (Phi) is 5.19. The highest BCUT2D eigenvalue weighted by Gasteiger charge is 2.08. The average Bonchev–Trinajstić information content (AvgIpc) is 2.92. The van der Waals surface area contributed by atoms with Crippen molar-refractivity contribution in [1.29, 1.82) is 0 Å². The fourth-order valence-corrected chi connectivity index (χ4v) is 2.15. The van der Waals surface area contributed by atoms with E-state index in [1.54, 1.807) is 0 Å². The van der Waals surface area contributed by atoms with Crippen LogP contribution in [-0.2, 0) is 19.5 Å². The molecule has 1 aromatic carbocycles. The molecule has 0 unspecified atom stereocenters. The van der Waals surface area contributed by atoms with Crippen molar-refractivity contribution < 1.29 is 5.11 Å². The summed E-state index contributed by atoms with van der Waals surface area (Å²) in [5.74, 6) is 0. The summed E-state index contributed by atoms with van der Waals surface area (Å²) in [5, 5.41) is 12.9. The highest BCUT2D eigenvalue weighted by atomic mass is 16.3. The molecule has 0 aliphatic rings. The van der Waals surface area contributed by atoms with Gasteiger partial charge in [0.15, 0.2) is 0 Å². The van der Waals surface area contributed by atoms with Crippen LogP contribution in [-0.4, -0.2) is 22.3 Å². The van der Waals surface area contributed by atoms with E-state index in [2.05, 4.69) is 47.4 Å². The zero-order valence-corrected chi connectivity index (χ0v) is 11.4. The fraction of sp³-hybridized carbons (Fsp3) is 0.375. The number of hydrogen-bond donors (Lipinski definition) is 2. The predicted molar refractivity (Wildman–Crippen MR) is 78.0 cm³/mol. The van der Waals surface area contributed by atoms with Gasteiger partial charge in [-0.2, -0.15) is 0 Å². The molecule has 0 radical (unpaired) electrons. The van der Waals surface area contributed by atoms with Crippen molar-refractivity contribution in [3.8, 4) is 0 Å².